The highest BCUT2D eigenvalue weighted by Crippen LogP contribution is 2.70. The lowest BCUT2D eigenvalue weighted by atomic mass is 9.38. The third-order valence-electron chi connectivity index (χ3n) is 11.0. The summed E-state index contributed by atoms with van der Waals surface area (Å²) in [5.41, 5.74) is 0.480. The molecular weight excluding hydrogens is 476 g/mol. The lowest BCUT2D eigenvalue weighted by molar-refractivity contribution is -0.271. The smallest absolute Gasteiger partial charge is 0.333 e. The zero-order chi connectivity index (χ0) is 26.8. The van der Waals surface area contributed by atoms with E-state index in [0.29, 0.717) is 30.4 Å². The van der Waals surface area contributed by atoms with Crippen molar-refractivity contribution in [2.24, 2.45) is 39.9 Å². The first-order chi connectivity index (χ1) is 17.4. The van der Waals surface area contributed by atoms with Gasteiger partial charge in [0.25, 0.3) is 0 Å². The van der Waals surface area contributed by atoms with Crippen LogP contribution in [0.5, 0.6) is 0 Å². The molecule has 5 aliphatic rings. The van der Waals surface area contributed by atoms with E-state index in [1.807, 2.05) is 0 Å². The Morgan fingerprint density at radius 2 is 1.78 bits per heavy atom. The van der Waals surface area contributed by atoms with Crippen LogP contribution in [0.25, 0.3) is 0 Å². The van der Waals surface area contributed by atoms with Crippen molar-refractivity contribution < 1.29 is 38.4 Å². The normalized spacial score (nSPS) is 47.0. The van der Waals surface area contributed by atoms with Crippen LogP contribution in [0, 0.1) is 39.9 Å². The monoisotopic (exact) mass is 518 g/mol. The van der Waals surface area contributed by atoms with Crippen molar-refractivity contribution in [3.8, 4) is 0 Å². The highest BCUT2D eigenvalue weighted by Gasteiger charge is 2.65. The molecule has 3 saturated carbocycles. The number of ether oxygens (including phenoxy) is 4. The molecule has 5 rings (SSSR count). The summed E-state index contributed by atoms with van der Waals surface area (Å²) in [6, 6.07) is 0. The Morgan fingerprint density at radius 1 is 1.03 bits per heavy atom. The van der Waals surface area contributed by atoms with Gasteiger partial charge in [0, 0.05) is 36.8 Å². The van der Waals surface area contributed by atoms with E-state index in [2.05, 4.69) is 20.8 Å². The number of aliphatic hydroxyl groups is 1. The molecule has 37 heavy (non-hydrogen) atoms. The Balaban J connectivity index is 1.47. The van der Waals surface area contributed by atoms with E-state index in [0.717, 1.165) is 44.9 Å². The van der Waals surface area contributed by atoms with Gasteiger partial charge in [0.2, 0.25) is 12.6 Å². The van der Waals surface area contributed by atoms with Crippen molar-refractivity contribution in [3.05, 3.63) is 11.6 Å². The van der Waals surface area contributed by atoms with Crippen molar-refractivity contribution >= 4 is 17.9 Å². The van der Waals surface area contributed by atoms with E-state index in [-0.39, 0.29) is 34.1 Å². The largest absolute Gasteiger partial charge is 0.465 e. The van der Waals surface area contributed by atoms with Gasteiger partial charge in [-0.1, -0.05) is 27.2 Å². The second-order valence-corrected chi connectivity index (χ2v) is 13.1. The number of hydrogen-bond donors (Lipinski definition) is 1. The van der Waals surface area contributed by atoms with Crippen molar-refractivity contribution in [2.75, 3.05) is 6.61 Å². The van der Waals surface area contributed by atoms with Gasteiger partial charge in [-0.15, -0.1) is 0 Å². The summed E-state index contributed by atoms with van der Waals surface area (Å²) in [4.78, 5) is 35.6. The van der Waals surface area contributed by atoms with Gasteiger partial charge in [-0.05, 0) is 73.5 Å². The van der Waals surface area contributed by atoms with Crippen molar-refractivity contribution in [3.63, 3.8) is 0 Å². The van der Waals surface area contributed by atoms with Crippen LogP contribution in [-0.2, 0) is 33.3 Å². The molecule has 4 fully saturated rings. The Hall–Kier alpha value is -1.93. The fourth-order valence-corrected chi connectivity index (χ4v) is 9.57. The lowest BCUT2D eigenvalue weighted by Crippen LogP contribution is -2.63. The minimum Gasteiger partial charge on any atom is -0.465 e. The molecule has 1 N–H and O–H groups in total. The first kappa shape index (κ1) is 26.7. The quantitative estimate of drug-likeness (QED) is 0.434. The number of aliphatic hydroxyl groups excluding tert-OH is 1. The molecule has 0 bridgehead atoms. The number of rotatable bonds is 4. The maximum absolute atomic E-state index is 12.0. The molecule has 2 unspecified atom stereocenters. The van der Waals surface area contributed by atoms with Crippen molar-refractivity contribution in [1.29, 1.82) is 0 Å². The van der Waals surface area contributed by atoms with Crippen molar-refractivity contribution in [1.82, 2.24) is 0 Å². The van der Waals surface area contributed by atoms with Crippen LogP contribution in [0.4, 0.5) is 0 Å². The molecule has 1 saturated heterocycles. The van der Waals surface area contributed by atoms with E-state index >= 15 is 0 Å². The average Bonchev–Trinajstić information content (AvgIpc) is 3.15. The molecule has 10 atom stereocenters. The van der Waals surface area contributed by atoms with E-state index in [9.17, 15) is 19.5 Å². The number of cyclic esters (lactones) is 1. The van der Waals surface area contributed by atoms with Crippen LogP contribution < -0.4 is 0 Å². The SMILES string of the molecule is CC(=O)OC[C@@]1(C)CCC[C@@]2(C)C1CC[C@@]1(C)[C@@H]3C[C@H](C4=CC(=O)OC4O)O[C@@H](OC(C)=O)[C@H]3CC[C@@H]12. The highest BCUT2D eigenvalue weighted by atomic mass is 16.7. The second-order valence-electron chi connectivity index (χ2n) is 13.1. The predicted molar refractivity (Wildman–Crippen MR) is 132 cm³/mol. The third-order valence-corrected chi connectivity index (χ3v) is 11.0. The molecule has 2 aliphatic heterocycles. The molecule has 0 aromatic heterocycles. The summed E-state index contributed by atoms with van der Waals surface area (Å²) in [7, 11) is 0. The molecule has 0 aromatic rings. The molecular formula is C29H42O8. The summed E-state index contributed by atoms with van der Waals surface area (Å²) in [5, 5.41) is 10.4. The highest BCUT2D eigenvalue weighted by molar-refractivity contribution is 5.85. The van der Waals surface area contributed by atoms with Gasteiger partial charge in [-0.2, -0.15) is 0 Å². The van der Waals surface area contributed by atoms with Gasteiger partial charge in [-0.25, -0.2) is 4.79 Å². The number of fused-ring (bicyclic) bond motifs is 5. The maximum Gasteiger partial charge on any atom is 0.333 e. The maximum atomic E-state index is 12.0. The van der Waals surface area contributed by atoms with Crippen molar-refractivity contribution in [2.45, 2.75) is 105 Å². The van der Waals surface area contributed by atoms with Gasteiger partial charge in [0.1, 0.15) is 0 Å². The Bertz CT molecular complexity index is 990. The molecule has 2 heterocycles. The number of hydrogen-bond acceptors (Lipinski definition) is 8. The van der Waals surface area contributed by atoms with Crippen LogP contribution >= 0.6 is 0 Å². The van der Waals surface area contributed by atoms with Crippen LogP contribution in [0.2, 0.25) is 0 Å². The van der Waals surface area contributed by atoms with E-state index in [1.165, 1.54) is 19.9 Å². The van der Waals surface area contributed by atoms with Gasteiger partial charge < -0.3 is 24.1 Å². The molecule has 3 aliphatic carbocycles. The van der Waals surface area contributed by atoms with Crippen LogP contribution in [0.3, 0.4) is 0 Å². The Labute approximate surface area is 219 Å². The fraction of sp³-hybridized carbons (Fsp3) is 0.828. The fourth-order valence-electron chi connectivity index (χ4n) is 9.57. The molecule has 0 radical (unpaired) electrons. The van der Waals surface area contributed by atoms with E-state index < -0.39 is 30.6 Å². The predicted octanol–water partition coefficient (Wildman–Crippen LogP) is 4.28. The zero-order valence-electron chi connectivity index (χ0n) is 22.8. The van der Waals surface area contributed by atoms with E-state index in [4.69, 9.17) is 18.9 Å². The topological polar surface area (TPSA) is 108 Å². The standard InChI is InChI=1S/C29H42O8/c1-16(30)34-15-27(3)10-6-11-29(5)22(27)9-12-28(4)20-14-21(19-13-24(32)37-25(19)33)36-26(35-17(2)31)18(20)7-8-23(28)29/h13,18,20-23,25-26,33H,6-12,14-15H2,1-5H3/t18-,20+,21+,22?,23-,25?,26+,27+,28-,29-/m0/s1. The summed E-state index contributed by atoms with van der Waals surface area (Å²) < 4.78 is 22.5. The van der Waals surface area contributed by atoms with E-state index in [1.54, 1.807) is 0 Å². The lowest BCUT2D eigenvalue weighted by Gasteiger charge is -2.68. The Kier molecular flexibility index (Phi) is 6.75. The summed E-state index contributed by atoms with van der Waals surface area (Å²) in [6.45, 7) is 10.5. The first-order valence-corrected chi connectivity index (χ1v) is 13.9. The molecule has 0 aromatic carbocycles. The summed E-state index contributed by atoms with van der Waals surface area (Å²) >= 11 is 0. The van der Waals surface area contributed by atoms with Gasteiger partial charge in [0.05, 0.1) is 12.7 Å². The van der Waals surface area contributed by atoms with Crippen LogP contribution in [0.15, 0.2) is 11.6 Å². The third kappa shape index (κ3) is 4.42. The summed E-state index contributed by atoms with van der Waals surface area (Å²) in [5.74, 6) is 0.0136. The van der Waals surface area contributed by atoms with Gasteiger partial charge in [0.15, 0.2) is 0 Å². The van der Waals surface area contributed by atoms with Gasteiger partial charge in [-0.3, -0.25) is 9.59 Å². The zero-order valence-corrected chi connectivity index (χ0v) is 22.8. The Morgan fingerprint density at radius 3 is 2.43 bits per heavy atom. The summed E-state index contributed by atoms with van der Waals surface area (Å²) in [6.07, 6.45) is 6.75. The second kappa shape index (κ2) is 9.37. The molecule has 0 spiro atoms. The number of carbonyl (C=O) groups is 3. The first-order valence-electron chi connectivity index (χ1n) is 13.9. The number of esters is 3. The minimum atomic E-state index is -1.33. The number of carbonyl (C=O) groups excluding carboxylic acids is 3. The van der Waals surface area contributed by atoms with Crippen LogP contribution in [0.1, 0.15) is 86.0 Å². The average molecular weight is 519 g/mol. The molecule has 0 amide bonds. The molecule has 206 valence electrons. The van der Waals surface area contributed by atoms with Gasteiger partial charge >= 0.3 is 17.9 Å². The minimum absolute atomic E-state index is 0.0107. The molecule has 8 nitrogen and oxygen atoms in total. The van der Waals surface area contributed by atoms with Crippen LogP contribution in [-0.4, -0.2) is 48.3 Å². The molecule has 8 heteroatoms.